The Morgan fingerprint density at radius 1 is 1.26 bits per heavy atom. The van der Waals surface area contributed by atoms with Crippen molar-refractivity contribution in [2.24, 2.45) is 0 Å². The van der Waals surface area contributed by atoms with Crippen LogP contribution < -0.4 is 5.32 Å². The van der Waals surface area contributed by atoms with E-state index in [1.54, 1.807) is 24.3 Å². The molecule has 0 aliphatic carbocycles. The average Bonchev–Trinajstić information content (AvgIpc) is 2.33. The number of pyridine rings is 1. The molecule has 19 heavy (non-hydrogen) atoms. The third-order valence-electron chi connectivity index (χ3n) is 2.47. The molecule has 2 rings (SSSR count). The molecule has 0 fully saturated rings. The number of anilines is 1. The Kier molecular flexibility index (Phi) is 4.21. The fourth-order valence-corrected chi connectivity index (χ4v) is 2.06. The van der Waals surface area contributed by atoms with Gasteiger partial charge in [0.05, 0.1) is 11.3 Å². The van der Waals surface area contributed by atoms with Crippen LogP contribution in [0.5, 0.6) is 5.75 Å². The van der Waals surface area contributed by atoms with Crippen molar-refractivity contribution in [3.05, 3.63) is 50.5 Å². The van der Waals surface area contributed by atoms with Crippen molar-refractivity contribution >= 4 is 43.6 Å². The van der Waals surface area contributed by atoms with Gasteiger partial charge in [-0.1, -0.05) is 15.9 Å². The number of carbonyl (C=O) groups is 1. The number of hydrogen-bond acceptors (Lipinski definition) is 3. The molecule has 4 nitrogen and oxygen atoms in total. The topological polar surface area (TPSA) is 62.2 Å². The number of nitrogens with zero attached hydrogens (tertiary/aromatic N) is 1. The number of benzene rings is 1. The normalized spacial score (nSPS) is 10.3. The average molecular weight is 386 g/mol. The first-order valence-electron chi connectivity index (χ1n) is 5.40. The fourth-order valence-electron chi connectivity index (χ4n) is 1.49. The summed E-state index contributed by atoms with van der Waals surface area (Å²) in [6, 6.07) is 8.19. The summed E-state index contributed by atoms with van der Waals surface area (Å²) in [4.78, 5) is 16.2. The Labute approximate surface area is 127 Å². The number of phenols is 1. The van der Waals surface area contributed by atoms with Crippen molar-refractivity contribution in [3.63, 3.8) is 0 Å². The van der Waals surface area contributed by atoms with Crippen molar-refractivity contribution in [2.45, 2.75) is 6.92 Å². The number of aromatic hydroxyl groups is 1. The quantitative estimate of drug-likeness (QED) is 0.824. The van der Waals surface area contributed by atoms with Gasteiger partial charge in [0.2, 0.25) is 0 Å². The highest BCUT2D eigenvalue weighted by atomic mass is 79.9. The second kappa shape index (κ2) is 5.71. The molecule has 2 aromatic rings. The third kappa shape index (κ3) is 3.33. The van der Waals surface area contributed by atoms with Gasteiger partial charge in [0.1, 0.15) is 11.6 Å². The highest BCUT2D eigenvalue weighted by Crippen LogP contribution is 2.23. The molecule has 0 saturated carbocycles. The van der Waals surface area contributed by atoms with Gasteiger partial charge < -0.3 is 10.4 Å². The molecule has 0 aliphatic heterocycles. The summed E-state index contributed by atoms with van der Waals surface area (Å²) in [5.41, 5.74) is 0.975. The molecule has 1 aromatic carbocycles. The molecule has 1 heterocycles. The van der Waals surface area contributed by atoms with Crippen LogP contribution in [0.25, 0.3) is 0 Å². The largest absolute Gasteiger partial charge is 0.507 e. The minimum atomic E-state index is -0.403. The summed E-state index contributed by atoms with van der Waals surface area (Å²) in [5, 5.41) is 12.4. The van der Waals surface area contributed by atoms with Gasteiger partial charge in [-0.05, 0) is 53.2 Å². The molecular weight excluding hydrogens is 376 g/mol. The smallest absolute Gasteiger partial charge is 0.260 e. The molecular formula is C13H10Br2N2O2. The molecule has 0 radical (unpaired) electrons. The Morgan fingerprint density at radius 2 is 2.00 bits per heavy atom. The van der Waals surface area contributed by atoms with Gasteiger partial charge in [-0.15, -0.1) is 0 Å². The SMILES string of the molecule is Cc1nc(NC(=O)c2ccc(Br)cc2O)ccc1Br. The first-order valence-corrected chi connectivity index (χ1v) is 6.99. The van der Waals surface area contributed by atoms with Crippen LogP contribution in [0.4, 0.5) is 5.82 Å². The standard InChI is InChI=1S/C13H10Br2N2O2/c1-7-10(15)4-5-12(16-7)17-13(19)9-3-2-8(14)6-11(9)18/h2-6,18H,1H3,(H,16,17,19). The number of nitrogens with one attached hydrogen (secondary N) is 1. The van der Waals surface area contributed by atoms with Gasteiger partial charge in [0, 0.05) is 8.95 Å². The van der Waals surface area contributed by atoms with E-state index in [0.29, 0.717) is 10.3 Å². The number of amides is 1. The van der Waals surface area contributed by atoms with Crippen molar-refractivity contribution in [1.82, 2.24) is 4.98 Å². The monoisotopic (exact) mass is 384 g/mol. The minimum Gasteiger partial charge on any atom is -0.507 e. The van der Waals surface area contributed by atoms with Gasteiger partial charge in [0.25, 0.3) is 5.91 Å². The molecule has 1 amide bonds. The second-order valence-corrected chi connectivity index (χ2v) is 5.65. The maximum absolute atomic E-state index is 12.0. The molecule has 0 bridgehead atoms. The van der Waals surface area contributed by atoms with Crippen LogP contribution in [0.15, 0.2) is 39.3 Å². The van der Waals surface area contributed by atoms with Crippen LogP contribution >= 0.6 is 31.9 Å². The Bertz CT molecular complexity index is 645. The van der Waals surface area contributed by atoms with Gasteiger partial charge in [-0.2, -0.15) is 0 Å². The maximum atomic E-state index is 12.0. The highest BCUT2D eigenvalue weighted by molar-refractivity contribution is 9.10. The molecule has 0 atom stereocenters. The lowest BCUT2D eigenvalue weighted by atomic mass is 10.2. The number of aromatic nitrogens is 1. The summed E-state index contributed by atoms with van der Waals surface area (Å²) >= 11 is 6.56. The van der Waals surface area contributed by atoms with Crippen molar-refractivity contribution in [3.8, 4) is 5.75 Å². The lowest BCUT2D eigenvalue weighted by Gasteiger charge is -2.07. The number of hydrogen-bond donors (Lipinski definition) is 2. The van der Waals surface area contributed by atoms with Crippen molar-refractivity contribution < 1.29 is 9.90 Å². The number of halogens is 2. The Balaban J connectivity index is 2.23. The Hall–Kier alpha value is -1.40. The predicted molar refractivity (Wildman–Crippen MR) is 80.4 cm³/mol. The first-order chi connectivity index (χ1) is 8.97. The van der Waals surface area contributed by atoms with Crippen LogP contribution in [-0.2, 0) is 0 Å². The molecule has 1 aromatic heterocycles. The molecule has 98 valence electrons. The lowest BCUT2D eigenvalue weighted by molar-refractivity contribution is 0.102. The van der Waals surface area contributed by atoms with Crippen molar-refractivity contribution in [1.29, 1.82) is 0 Å². The summed E-state index contributed by atoms with van der Waals surface area (Å²) < 4.78 is 1.58. The summed E-state index contributed by atoms with van der Waals surface area (Å²) in [6.45, 7) is 1.83. The van der Waals surface area contributed by atoms with Gasteiger partial charge in [-0.25, -0.2) is 4.98 Å². The molecule has 0 unspecified atom stereocenters. The molecule has 0 spiro atoms. The van der Waals surface area contributed by atoms with Crippen LogP contribution in [-0.4, -0.2) is 16.0 Å². The van der Waals surface area contributed by atoms with E-state index in [4.69, 9.17) is 0 Å². The molecule has 0 saturated heterocycles. The van der Waals surface area contributed by atoms with E-state index in [2.05, 4.69) is 42.2 Å². The van der Waals surface area contributed by atoms with Crippen LogP contribution in [0.2, 0.25) is 0 Å². The summed E-state index contributed by atoms with van der Waals surface area (Å²) in [7, 11) is 0. The lowest BCUT2D eigenvalue weighted by Crippen LogP contribution is -2.13. The zero-order valence-electron chi connectivity index (χ0n) is 9.95. The van der Waals surface area contributed by atoms with Crippen LogP contribution in [0.3, 0.4) is 0 Å². The van der Waals surface area contributed by atoms with Gasteiger partial charge in [0.15, 0.2) is 0 Å². The van der Waals surface area contributed by atoms with E-state index < -0.39 is 5.91 Å². The first kappa shape index (κ1) is 14.0. The molecule has 2 N–H and O–H groups in total. The third-order valence-corrected chi connectivity index (χ3v) is 3.80. The van der Waals surface area contributed by atoms with Crippen LogP contribution in [0, 0.1) is 6.92 Å². The van der Waals surface area contributed by atoms with E-state index in [1.807, 2.05) is 6.92 Å². The van der Waals surface area contributed by atoms with Crippen LogP contribution in [0.1, 0.15) is 16.1 Å². The van der Waals surface area contributed by atoms with E-state index in [9.17, 15) is 9.90 Å². The Morgan fingerprint density at radius 3 is 2.63 bits per heavy atom. The highest BCUT2D eigenvalue weighted by Gasteiger charge is 2.12. The van der Waals surface area contributed by atoms with Gasteiger partial charge in [-0.3, -0.25) is 4.79 Å². The van der Waals surface area contributed by atoms with E-state index in [0.717, 1.165) is 10.2 Å². The van der Waals surface area contributed by atoms with Crippen molar-refractivity contribution in [2.75, 3.05) is 5.32 Å². The molecule has 0 aliphatic rings. The zero-order chi connectivity index (χ0) is 14.0. The maximum Gasteiger partial charge on any atom is 0.260 e. The number of rotatable bonds is 2. The number of phenolic OH excluding ortho intramolecular Hbond substituents is 1. The minimum absolute atomic E-state index is 0.0827. The fraction of sp³-hybridized carbons (Fsp3) is 0.0769. The van der Waals surface area contributed by atoms with E-state index >= 15 is 0 Å². The summed E-state index contributed by atoms with van der Waals surface area (Å²) in [6.07, 6.45) is 0. The second-order valence-electron chi connectivity index (χ2n) is 3.88. The van der Waals surface area contributed by atoms with E-state index in [-0.39, 0.29) is 11.3 Å². The number of aryl methyl sites for hydroxylation is 1. The number of carbonyl (C=O) groups excluding carboxylic acids is 1. The van der Waals surface area contributed by atoms with Gasteiger partial charge >= 0.3 is 0 Å². The van der Waals surface area contributed by atoms with E-state index in [1.165, 1.54) is 6.07 Å². The zero-order valence-corrected chi connectivity index (χ0v) is 13.1. The predicted octanol–water partition coefficient (Wildman–Crippen LogP) is 3.87. The molecule has 6 heteroatoms. The summed E-state index contributed by atoms with van der Waals surface area (Å²) in [5.74, 6) is -0.0482.